The summed E-state index contributed by atoms with van der Waals surface area (Å²) in [4.78, 5) is 4.92. The zero-order valence-electron chi connectivity index (χ0n) is 26.4. The molecule has 45 heavy (non-hydrogen) atoms. The maximum absolute atomic E-state index is 6.64. The van der Waals surface area contributed by atoms with E-state index < -0.39 is 0 Å². The van der Waals surface area contributed by atoms with Crippen LogP contribution in [-0.4, -0.2) is 4.98 Å². The monoisotopic (exact) mass is 581 g/mol. The Hall–Kier alpha value is -5.21. The van der Waals surface area contributed by atoms with Crippen molar-refractivity contribution >= 4 is 43.5 Å². The molecule has 0 aliphatic carbocycles. The number of furan rings is 1. The second-order valence-electron chi connectivity index (χ2n) is 13.4. The third-order valence-corrected chi connectivity index (χ3v) is 9.33. The maximum Gasteiger partial charge on any atom is 0.144 e. The first kappa shape index (κ1) is 27.3. The van der Waals surface area contributed by atoms with Crippen LogP contribution >= 0.6 is 0 Å². The minimum absolute atomic E-state index is 0.147. The molecule has 0 N–H and O–H groups in total. The van der Waals surface area contributed by atoms with Crippen molar-refractivity contribution in [1.82, 2.24) is 4.98 Å². The summed E-state index contributed by atoms with van der Waals surface area (Å²) in [6, 6.07) is 41.8. The molecule has 0 radical (unpaired) electrons. The smallest absolute Gasteiger partial charge is 0.144 e. The van der Waals surface area contributed by atoms with Gasteiger partial charge in [0.15, 0.2) is 0 Å². The quantitative estimate of drug-likeness (QED) is 0.207. The molecule has 0 saturated heterocycles. The van der Waals surface area contributed by atoms with E-state index in [1.165, 1.54) is 49.5 Å². The van der Waals surface area contributed by atoms with E-state index in [4.69, 9.17) is 9.40 Å². The molecule has 0 fully saturated rings. The van der Waals surface area contributed by atoms with Gasteiger partial charge in [-0.05, 0) is 105 Å². The Labute approximate surface area is 264 Å². The largest absolute Gasteiger partial charge is 0.455 e. The highest BCUT2D eigenvalue weighted by Crippen LogP contribution is 2.40. The topological polar surface area (TPSA) is 26.0 Å². The fourth-order valence-corrected chi connectivity index (χ4v) is 6.73. The van der Waals surface area contributed by atoms with Crippen LogP contribution in [0.2, 0.25) is 0 Å². The molecule has 2 nitrogen and oxygen atoms in total. The first-order valence-electron chi connectivity index (χ1n) is 15.7. The molecule has 8 aromatic rings. The van der Waals surface area contributed by atoms with E-state index in [0.29, 0.717) is 0 Å². The maximum atomic E-state index is 6.64. The lowest BCUT2D eigenvalue weighted by atomic mass is 9.86. The third kappa shape index (κ3) is 4.60. The van der Waals surface area contributed by atoms with E-state index in [1.807, 2.05) is 6.20 Å². The zero-order valence-corrected chi connectivity index (χ0v) is 26.4. The molecule has 0 amide bonds. The summed E-state index contributed by atoms with van der Waals surface area (Å²) >= 11 is 0. The van der Waals surface area contributed by atoms with Crippen molar-refractivity contribution in [2.45, 2.75) is 40.0 Å². The van der Waals surface area contributed by atoms with Gasteiger partial charge in [-0.1, -0.05) is 106 Å². The molecule has 6 aromatic carbocycles. The molecule has 0 aliphatic rings. The average molecular weight is 582 g/mol. The highest BCUT2D eigenvalue weighted by atomic mass is 16.3. The van der Waals surface area contributed by atoms with Crippen LogP contribution in [-0.2, 0) is 5.41 Å². The van der Waals surface area contributed by atoms with Crippen molar-refractivity contribution in [1.29, 1.82) is 0 Å². The van der Waals surface area contributed by atoms with Crippen LogP contribution in [0.15, 0.2) is 126 Å². The van der Waals surface area contributed by atoms with E-state index >= 15 is 0 Å². The zero-order chi connectivity index (χ0) is 30.9. The minimum atomic E-state index is 0.147. The molecule has 0 bridgehead atoms. The number of benzene rings is 6. The van der Waals surface area contributed by atoms with Crippen LogP contribution < -0.4 is 0 Å². The highest BCUT2D eigenvalue weighted by molar-refractivity contribution is 6.17. The molecular formula is C43H35NO. The SMILES string of the molecule is Cc1cnc(-c2cccc3c2oc2c4ccccc4ccc32)cc1-c1cc2ccc(-c3ccc(C(C)(C)C)cc3)cc2cc1C. The number of rotatable bonds is 3. The number of hydrogen-bond acceptors (Lipinski definition) is 2. The summed E-state index contributed by atoms with van der Waals surface area (Å²) in [5, 5.41) is 7.04. The van der Waals surface area contributed by atoms with Gasteiger partial charge in [0.25, 0.3) is 0 Å². The Morgan fingerprint density at radius 3 is 2.04 bits per heavy atom. The van der Waals surface area contributed by atoms with E-state index in [2.05, 4.69) is 150 Å². The Balaban J connectivity index is 1.22. The second-order valence-corrected chi connectivity index (χ2v) is 13.4. The minimum Gasteiger partial charge on any atom is -0.455 e. The molecule has 2 aromatic heterocycles. The van der Waals surface area contributed by atoms with Gasteiger partial charge < -0.3 is 4.42 Å². The van der Waals surface area contributed by atoms with Crippen LogP contribution in [0.25, 0.3) is 77.0 Å². The van der Waals surface area contributed by atoms with Crippen molar-refractivity contribution in [3.63, 3.8) is 0 Å². The predicted molar refractivity (Wildman–Crippen MR) is 191 cm³/mol. The summed E-state index contributed by atoms with van der Waals surface area (Å²) in [5.41, 5.74) is 12.5. The highest BCUT2D eigenvalue weighted by Gasteiger charge is 2.17. The number of hydrogen-bond donors (Lipinski definition) is 0. The molecule has 0 spiro atoms. The molecular weight excluding hydrogens is 546 g/mol. The van der Waals surface area contributed by atoms with Gasteiger partial charge >= 0.3 is 0 Å². The number of nitrogens with zero attached hydrogens (tertiary/aromatic N) is 1. The van der Waals surface area contributed by atoms with E-state index in [9.17, 15) is 0 Å². The Morgan fingerprint density at radius 2 is 1.22 bits per heavy atom. The fourth-order valence-electron chi connectivity index (χ4n) is 6.73. The molecule has 8 rings (SSSR count). The van der Waals surface area contributed by atoms with Gasteiger partial charge in [0.05, 0.1) is 5.69 Å². The summed E-state index contributed by atoms with van der Waals surface area (Å²) < 4.78 is 6.64. The van der Waals surface area contributed by atoms with Crippen molar-refractivity contribution in [2.75, 3.05) is 0 Å². The molecule has 0 aliphatic heterocycles. The molecule has 218 valence electrons. The van der Waals surface area contributed by atoms with E-state index in [0.717, 1.165) is 44.1 Å². The summed E-state index contributed by atoms with van der Waals surface area (Å²) in [7, 11) is 0. The Kier molecular flexibility index (Phi) is 6.18. The van der Waals surface area contributed by atoms with Crippen LogP contribution in [0.1, 0.15) is 37.5 Å². The normalized spacial score (nSPS) is 12.1. The first-order valence-corrected chi connectivity index (χ1v) is 15.7. The van der Waals surface area contributed by atoms with Gasteiger partial charge in [-0.2, -0.15) is 0 Å². The second kappa shape index (κ2) is 10.2. The van der Waals surface area contributed by atoms with Crippen molar-refractivity contribution in [3.8, 4) is 33.5 Å². The van der Waals surface area contributed by atoms with Crippen molar-refractivity contribution in [3.05, 3.63) is 138 Å². The first-order chi connectivity index (χ1) is 21.7. The molecule has 2 heterocycles. The number of fused-ring (bicyclic) bond motifs is 6. The van der Waals surface area contributed by atoms with E-state index in [1.54, 1.807) is 0 Å². The lowest BCUT2D eigenvalue weighted by Gasteiger charge is -2.19. The predicted octanol–water partition coefficient (Wildman–Crippen LogP) is 12.2. The standard InChI is InChI=1S/C43H35NO/c1-26-21-32-22-30(28-15-18-33(19-16-28)43(3,4)5)13-14-31(32)23-38(26)39-24-40(44-25-27(39)2)37-12-8-11-35-36-20-17-29-9-6-7-10-34(29)41(36)45-42(35)37/h6-25H,1-5H3. The van der Waals surface area contributed by atoms with Crippen LogP contribution in [0.3, 0.4) is 0 Å². The number of pyridine rings is 1. The molecule has 0 atom stereocenters. The summed E-state index contributed by atoms with van der Waals surface area (Å²) in [6.45, 7) is 11.1. The summed E-state index contributed by atoms with van der Waals surface area (Å²) in [6.07, 6.45) is 2.00. The molecule has 2 heteroatoms. The molecule has 0 saturated carbocycles. The van der Waals surface area contributed by atoms with Crippen molar-refractivity contribution < 1.29 is 4.42 Å². The van der Waals surface area contributed by atoms with Gasteiger partial charge in [-0.15, -0.1) is 0 Å². The van der Waals surface area contributed by atoms with Crippen molar-refractivity contribution in [2.24, 2.45) is 0 Å². The number of aromatic nitrogens is 1. The van der Waals surface area contributed by atoms with Gasteiger partial charge in [0, 0.05) is 27.9 Å². The van der Waals surface area contributed by atoms with Crippen LogP contribution in [0, 0.1) is 13.8 Å². The number of para-hydroxylation sites is 1. The lowest BCUT2D eigenvalue weighted by molar-refractivity contribution is 0.590. The van der Waals surface area contributed by atoms with E-state index in [-0.39, 0.29) is 5.41 Å². The molecule has 0 unspecified atom stereocenters. The van der Waals surface area contributed by atoms with Gasteiger partial charge in [-0.25, -0.2) is 0 Å². The van der Waals surface area contributed by atoms with Crippen LogP contribution in [0.5, 0.6) is 0 Å². The van der Waals surface area contributed by atoms with Crippen LogP contribution in [0.4, 0.5) is 0 Å². The Bertz CT molecular complexity index is 2420. The average Bonchev–Trinajstić information content (AvgIpc) is 3.44. The fraction of sp³-hybridized carbons (Fsp3) is 0.140. The van der Waals surface area contributed by atoms with Gasteiger partial charge in [-0.3, -0.25) is 4.98 Å². The summed E-state index contributed by atoms with van der Waals surface area (Å²) in [5.74, 6) is 0. The number of aryl methyl sites for hydroxylation is 2. The third-order valence-electron chi connectivity index (χ3n) is 9.33. The van der Waals surface area contributed by atoms with Gasteiger partial charge in [0.2, 0.25) is 0 Å². The lowest BCUT2D eigenvalue weighted by Crippen LogP contribution is -2.10. The Morgan fingerprint density at radius 1 is 0.511 bits per heavy atom. The van der Waals surface area contributed by atoms with Gasteiger partial charge in [0.1, 0.15) is 11.2 Å².